The Morgan fingerprint density at radius 2 is 2.38 bits per heavy atom. The van der Waals surface area contributed by atoms with Crippen molar-refractivity contribution in [1.82, 2.24) is 4.90 Å². The van der Waals surface area contributed by atoms with E-state index in [1.165, 1.54) is 11.0 Å². The van der Waals surface area contributed by atoms with E-state index in [-0.39, 0.29) is 25.9 Å². The Balaban J connectivity index is 2.66. The Kier molecular flexibility index (Phi) is 4.30. The van der Waals surface area contributed by atoms with E-state index in [9.17, 15) is 9.59 Å². The highest BCUT2D eigenvalue weighted by Crippen LogP contribution is 2.13. The molecule has 2 atom stereocenters. The van der Waals surface area contributed by atoms with Crippen LogP contribution in [0, 0.1) is 0 Å². The van der Waals surface area contributed by atoms with Gasteiger partial charge < -0.3 is 14.6 Å². The molecule has 1 saturated heterocycles. The van der Waals surface area contributed by atoms with Crippen LogP contribution in [0.3, 0.4) is 0 Å². The Bertz CT molecular complexity index is 291. The topological polar surface area (TPSA) is 76.1 Å². The fourth-order valence-electron chi connectivity index (χ4n) is 1.42. The maximum Gasteiger partial charge on any atom is 0.411 e. The summed E-state index contributed by atoms with van der Waals surface area (Å²) in [6, 6.07) is -0.978. The minimum atomic E-state index is -1.09. The van der Waals surface area contributed by atoms with Crippen molar-refractivity contribution in [2.24, 2.45) is 0 Å². The number of aliphatic carboxylic acids is 1. The molecule has 0 aliphatic carbocycles. The minimum absolute atomic E-state index is 0.0142. The number of morpholine rings is 1. The van der Waals surface area contributed by atoms with Crippen molar-refractivity contribution >= 4 is 12.1 Å². The molecule has 0 aromatic heterocycles. The van der Waals surface area contributed by atoms with Gasteiger partial charge in [0.15, 0.2) is 6.04 Å². The summed E-state index contributed by atoms with van der Waals surface area (Å²) in [5, 5.41) is 8.92. The van der Waals surface area contributed by atoms with E-state index in [1.54, 1.807) is 6.92 Å². The second-order valence-corrected chi connectivity index (χ2v) is 3.52. The molecule has 0 bridgehead atoms. The average molecular weight is 229 g/mol. The number of amides is 1. The van der Waals surface area contributed by atoms with E-state index in [0.29, 0.717) is 0 Å². The third-order valence-corrected chi connectivity index (χ3v) is 2.21. The second-order valence-electron chi connectivity index (χ2n) is 3.52. The van der Waals surface area contributed by atoms with Crippen LogP contribution in [0.15, 0.2) is 12.7 Å². The molecule has 1 fully saturated rings. The fraction of sp³-hybridized carbons (Fsp3) is 0.600. The average Bonchev–Trinajstić information content (AvgIpc) is 2.25. The Hall–Kier alpha value is -1.56. The molecule has 1 amide bonds. The number of hydrogen-bond donors (Lipinski definition) is 1. The fourth-order valence-corrected chi connectivity index (χ4v) is 1.42. The zero-order valence-corrected chi connectivity index (χ0v) is 9.09. The first-order valence-electron chi connectivity index (χ1n) is 4.95. The molecule has 0 aromatic rings. The molecule has 6 nitrogen and oxygen atoms in total. The SMILES string of the molecule is C=CCOC(=O)N1C[C@H](C)OC[C@@H]1C(=O)O. The third-order valence-electron chi connectivity index (χ3n) is 2.21. The van der Waals surface area contributed by atoms with Crippen LogP contribution < -0.4 is 0 Å². The van der Waals surface area contributed by atoms with E-state index in [0.717, 1.165) is 0 Å². The summed E-state index contributed by atoms with van der Waals surface area (Å²) in [6.45, 7) is 5.45. The Labute approximate surface area is 93.4 Å². The smallest absolute Gasteiger partial charge is 0.411 e. The highest BCUT2D eigenvalue weighted by molar-refractivity contribution is 5.80. The highest BCUT2D eigenvalue weighted by atomic mass is 16.6. The summed E-state index contributed by atoms with van der Waals surface area (Å²) >= 11 is 0. The first-order chi connectivity index (χ1) is 7.56. The molecule has 6 heteroatoms. The lowest BCUT2D eigenvalue weighted by Gasteiger charge is -2.35. The Morgan fingerprint density at radius 3 is 2.94 bits per heavy atom. The largest absolute Gasteiger partial charge is 0.480 e. The number of carbonyl (C=O) groups is 2. The first kappa shape index (κ1) is 12.5. The van der Waals surface area contributed by atoms with Gasteiger partial charge in [-0.3, -0.25) is 4.90 Å². The highest BCUT2D eigenvalue weighted by Gasteiger charge is 2.36. The number of carboxylic acid groups (broad SMARTS) is 1. The van der Waals surface area contributed by atoms with Crippen LogP contribution in [0.1, 0.15) is 6.92 Å². The molecule has 1 N–H and O–H groups in total. The molecule has 16 heavy (non-hydrogen) atoms. The summed E-state index contributed by atoms with van der Waals surface area (Å²) in [5.41, 5.74) is 0. The van der Waals surface area contributed by atoms with Crippen LogP contribution in [-0.4, -0.2) is 54.0 Å². The number of carbonyl (C=O) groups excluding carboxylic acids is 1. The molecule has 0 aromatic carbocycles. The molecular weight excluding hydrogens is 214 g/mol. The van der Waals surface area contributed by atoms with Gasteiger partial charge in [-0.2, -0.15) is 0 Å². The van der Waals surface area contributed by atoms with E-state index in [1.807, 2.05) is 0 Å². The number of ether oxygens (including phenoxy) is 2. The van der Waals surface area contributed by atoms with Gasteiger partial charge in [-0.1, -0.05) is 12.7 Å². The zero-order valence-electron chi connectivity index (χ0n) is 9.09. The minimum Gasteiger partial charge on any atom is -0.480 e. The van der Waals surface area contributed by atoms with Gasteiger partial charge >= 0.3 is 12.1 Å². The van der Waals surface area contributed by atoms with E-state index < -0.39 is 18.1 Å². The van der Waals surface area contributed by atoms with Crippen LogP contribution in [0.2, 0.25) is 0 Å². The quantitative estimate of drug-likeness (QED) is 0.712. The zero-order chi connectivity index (χ0) is 12.1. The maximum absolute atomic E-state index is 11.6. The third kappa shape index (κ3) is 2.96. The lowest BCUT2D eigenvalue weighted by atomic mass is 10.2. The van der Waals surface area contributed by atoms with E-state index in [4.69, 9.17) is 14.6 Å². The van der Waals surface area contributed by atoms with Crippen molar-refractivity contribution in [3.63, 3.8) is 0 Å². The van der Waals surface area contributed by atoms with Crippen molar-refractivity contribution in [3.05, 3.63) is 12.7 Å². The van der Waals surface area contributed by atoms with Crippen molar-refractivity contribution in [2.45, 2.75) is 19.1 Å². The predicted octanol–water partition coefficient (Wildman–Crippen LogP) is 0.483. The number of carboxylic acids is 1. The normalized spacial score (nSPS) is 24.9. The number of nitrogens with zero attached hydrogens (tertiary/aromatic N) is 1. The molecular formula is C10H15NO5. The lowest BCUT2D eigenvalue weighted by molar-refractivity contribution is -0.151. The molecule has 1 rings (SSSR count). The van der Waals surface area contributed by atoms with Gasteiger partial charge in [-0.25, -0.2) is 9.59 Å². The predicted molar refractivity (Wildman–Crippen MR) is 55.1 cm³/mol. The van der Waals surface area contributed by atoms with Gasteiger partial charge in [0.05, 0.1) is 19.3 Å². The van der Waals surface area contributed by atoms with Gasteiger partial charge in [-0.15, -0.1) is 0 Å². The molecule has 0 spiro atoms. The number of rotatable bonds is 3. The molecule has 90 valence electrons. The van der Waals surface area contributed by atoms with Gasteiger partial charge in [0.2, 0.25) is 0 Å². The van der Waals surface area contributed by atoms with Crippen molar-refractivity contribution in [1.29, 1.82) is 0 Å². The molecule has 1 heterocycles. The molecule has 1 aliphatic rings. The van der Waals surface area contributed by atoms with Crippen molar-refractivity contribution in [3.8, 4) is 0 Å². The lowest BCUT2D eigenvalue weighted by Crippen LogP contribution is -2.55. The van der Waals surface area contributed by atoms with Crippen molar-refractivity contribution in [2.75, 3.05) is 19.8 Å². The molecule has 0 saturated carbocycles. The molecule has 1 aliphatic heterocycles. The van der Waals surface area contributed by atoms with E-state index >= 15 is 0 Å². The Morgan fingerprint density at radius 1 is 1.69 bits per heavy atom. The molecule has 0 radical (unpaired) electrons. The summed E-state index contributed by atoms with van der Waals surface area (Å²) in [6.07, 6.45) is 0.590. The standard InChI is InChI=1S/C10H15NO5/c1-3-4-15-10(14)11-5-7(2)16-6-8(11)9(12)13/h3,7-8H,1,4-6H2,2H3,(H,12,13)/t7-,8+/m0/s1. The monoisotopic (exact) mass is 229 g/mol. The van der Waals surface area contributed by atoms with Gasteiger partial charge in [-0.05, 0) is 6.92 Å². The van der Waals surface area contributed by atoms with Crippen molar-refractivity contribution < 1.29 is 24.2 Å². The second kappa shape index (κ2) is 5.50. The summed E-state index contributed by atoms with van der Waals surface area (Å²) in [5.74, 6) is -1.09. The summed E-state index contributed by atoms with van der Waals surface area (Å²) in [7, 11) is 0. The van der Waals surface area contributed by atoms with Crippen LogP contribution in [0.25, 0.3) is 0 Å². The van der Waals surface area contributed by atoms with Crippen LogP contribution in [0.5, 0.6) is 0 Å². The number of hydrogen-bond acceptors (Lipinski definition) is 4. The molecule has 0 unspecified atom stereocenters. The van der Waals surface area contributed by atoms with Gasteiger partial charge in [0.1, 0.15) is 6.61 Å². The van der Waals surface area contributed by atoms with Gasteiger partial charge in [0, 0.05) is 0 Å². The van der Waals surface area contributed by atoms with Crippen LogP contribution in [-0.2, 0) is 14.3 Å². The first-order valence-corrected chi connectivity index (χ1v) is 4.95. The maximum atomic E-state index is 11.6. The van der Waals surface area contributed by atoms with E-state index in [2.05, 4.69) is 6.58 Å². The summed E-state index contributed by atoms with van der Waals surface area (Å²) < 4.78 is 10.00. The van der Waals surface area contributed by atoms with Crippen LogP contribution >= 0.6 is 0 Å². The summed E-state index contributed by atoms with van der Waals surface area (Å²) in [4.78, 5) is 23.6. The van der Waals surface area contributed by atoms with Gasteiger partial charge in [0.25, 0.3) is 0 Å². The van der Waals surface area contributed by atoms with Crippen LogP contribution in [0.4, 0.5) is 4.79 Å².